The van der Waals surface area contributed by atoms with E-state index in [4.69, 9.17) is 4.74 Å². The number of methoxy groups -OCH3 is 1. The maximum atomic E-state index is 13.2. The van der Waals surface area contributed by atoms with E-state index in [1.165, 1.54) is 7.11 Å². The molecule has 0 heterocycles. The molecule has 1 aromatic carbocycles. The molecule has 0 spiro atoms. The predicted octanol–water partition coefficient (Wildman–Crippen LogP) is 3.51. The summed E-state index contributed by atoms with van der Waals surface area (Å²) < 4.78 is 4.88. The zero-order valence-corrected chi connectivity index (χ0v) is 13.1. The smallest absolute Gasteiger partial charge is 0.316 e. The molecule has 1 aliphatic carbocycles. The molecular weight excluding hydrogens is 264 g/mol. The summed E-state index contributed by atoms with van der Waals surface area (Å²) in [5, 5.41) is 0. The fraction of sp³-hybridized carbons (Fsp3) is 0.556. The van der Waals surface area contributed by atoms with Gasteiger partial charge in [0.25, 0.3) is 0 Å². The molecule has 0 bridgehead atoms. The lowest BCUT2D eigenvalue weighted by Crippen LogP contribution is -2.43. The van der Waals surface area contributed by atoms with Crippen LogP contribution in [0.15, 0.2) is 30.3 Å². The first kappa shape index (κ1) is 15.7. The molecule has 2 rings (SSSR count). The summed E-state index contributed by atoms with van der Waals surface area (Å²) >= 11 is 0. The lowest BCUT2D eigenvalue weighted by atomic mass is 9.69. The highest BCUT2D eigenvalue weighted by atomic mass is 16.5. The highest BCUT2D eigenvalue weighted by molar-refractivity contribution is 6.05. The maximum absolute atomic E-state index is 13.2. The Morgan fingerprint density at radius 3 is 2.14 bits per heavy atom. The van der Waals surface area contributed by atoms with Gasteiger partial charge in [0.15, 0.2) is 5.78 Å². The number of carbonyl (C=O) groups excluding carboxylic acids is 2. The Morgan fingerprint density at radius 1 is 1.10 bits per heavy atom. The normalized spacial score (nSPS) is 18.5. The van der Waals surface area contributed by atoms with Gasteiger partial charge in [0.1, 0.15) is 5.92 Å². The largest absolute Gasteiger partial charge is 0.468 e. The molecule has 1 fully saturated rings. The summed E-state index contributed by atoms with van der Waals surface area (Å²) in [7, 11) is 1.36. The number of ether oxygens (including phenoxy) is 1. The van der Waals surface area contributed by atoms with Crippen LogP contribution >= 0.6 is 0 Å². The van der Waals surface area contributed by atoms with Gasteiger partial charge in [-0.15, -0.1) is 0 Å². The molecule has 3 nitrogen and oxygen atoms in total. The van der Waals surface area contributed by atoms with Gasteiger partial charge >= 0.3 is 5.97 Å². The lowest BCUT2D eigenvalue weighted by Gasteiger charge is -2.32. The van der Waals surface area contributed by atoms with Crippen molar-refractivity contribution < 1.29 is 14.3 Å². The second kappa shape index (κ2) is 6.42. The van der Waals surface area contributed by atoms with Crippen LogP contribution in [0.25, 0.3) is 0 Å². The number of hydrogen-bond donors (Lipinski definition) is 0. The number of hydrogen-bond acceptors (Lipinski definition) is 3. The highest BCUT2D eigenvalue weighted by Crippen LogP contribution is 2.44. The standard InChI is InChI=1S/C18H24O3/c1-13(2)15(17(20)21-3)16(19)18(11-7-8-12-18)14-9-5-4-6-10-14/h4-6,9-10,13,15H,7-8,11-12H2,1-3H3. The molecule has 0 N–H and O–H groups in total. The van der Waals surface area contributed by atoms with Crippen molar-refractivity contribution >= 4 is 11.8 Å². The van der Waals surface area contributed by atoms with E-state index in [0.717, 1.165) is 31.2 Å². The summed E-state index contributed by atoms with van der Waals surface area (Å²) in [5.41, 5.74) is 0.534. The van der Waals surface area contributed by atoms with E-state index in [1.807, 2.05) is 44.2 Å². The van der Waals surface area contributed by atoms with Crippen LogP contribution in [0.2, 0.25) is 0 Å². The van der Waals surface area contributed by atoms with Gasteiger partial charge in [0, 0.05) is 0 Å². The summed E-state index contributed by atoms with van der Waals surface area (Å²) in [4.78, 5) is 25.3. The fourth-order valence-corrected chi connectivity index (χ4v) is 3.52. The van der Waals surface area contributed by atoms with E-state index in [2.05, 4.69) is 0 Å². The average Bonchev–Trinajstić information content (AvgIpc) is 2.98. The summed E-state index contributed by atoms with van der Waals surface area (Å²) in [6, 6.07) is 9.91. The topological polar surface area (TPSA) is 43.4 Å². The summed E-state index contributed by atoms with van der Waals surface area (Å²) in [5.74, 6) is -1.09. The molecule has 1 aromatic rings. The molecule has 0 saturated heterocycles. The molecule has 0 radical (unpaired) electrons. The van der Waals surface area contributed by atoms with Gasteiger partial charge in [0.05, 0.1) is 12.5 Å². The van der Waals surface area contributed by atoms with E-state index in [0.29, 0.717) is 0 Å². The lowest BCUT2D eigenvalue weighted by molar-refractivity contribution is -0.153. The van der Waals surface area contributed by atoms with Crippen molar-refractivity contribution in [2.45, 2.75) is 44.9 Å². The van der Waals surface area contributed by atoms with Crippen molar-refractivity contribution in [1.82, 2.24) is 0 Å². The molecular formula is C18H24O3. The van der Waals surface area contributed by atoms with Gasteiger partial charge < -0.3 is 4.74 Å². The third-order valence-electron chi connectivity index (χ3n) is 4.66. The minimum absolute atomic E-state index is 0.0352. The van der Waals surface area contributed by atoms with E-state index >= 15 is 0 Å². The van der Waals surface area contributed by atoms with Crippen molar-refractivity contribution in [2.24, 2.45) is 11.8 Å². The van der Waals surface area contributed by atoms with Crippen LogP contribution in [0, 0.1) is 11.8 Å². The summed E-state index contributed by atoms with van der Waals surface area (Å²) in [6.07, 6.45) is 3.73. The van der Waals surface area contributed by atoms with E-state index in [-0.39, 0.29) is 11.7 Å². The Kier molecular flexibility index (Phi) is 4.81. The third-order valence-corrected chi connectivity index (χ3v) is 4.66. The van der Waals surface area contributed by atoms with Crippen LogP contribution in [0.4, 0.5) is 0 Å². The zero-order chi connectivity index (χ0) is 15.5. The Labute approximate surface area is 126 Å². The highest BCUT2D eigenvalue weighted by Gasteiger charge is 2.48. The average molecular weight is 288 g/mol. The number of Topliss-reactive ketones (excluding diaryl/α,β-unsaturated/α-hetero) is 1. The van der Waals surface area contributed by atoms with Crippen molar-refractivity contribution in [1.29, 1.82) is 0 Å². The molecule has 21 heavy (non-hydrogen) atoms. The molecule has 3 heteroatoms. The van der Waals surface area contributed by atoms with Crippen LogP contribution in [-0.4, -0.2) is 18.9 Å². The third kappa shape index (κ3) is 2.87. The quantitative estimate of drug-likeness (QED) is 0.615. The molecule has 0 amide bonds. The van der Waals surface area contributed by atoms with Gasteiger partial charge in [-0.1, -0.05) is 57.0 Å². The van der Waals surface area contributed by atoms with Crippen LogP contribution in [-0.2, 0) is 19.7 Å². The first-order chi connectivity index (χ1) is 10.0. The van der Waals surface area contributed by atoms with Gasteiger partial charge in [-0.25, -0.2) is 0 Å². The van der Waals surface area contributed by atoms with Crippen molar-refractivity contribution in [2.75, 3.05) is 7.11 Å². The Balaban J connectivity index is 2.42. The monoisotopic (exact) mass is 288 g/mol. The van der Waals surface area contributed by atoms with E-state index in [1.54, 1.807) is 0 Å². The summed E-state index contributed by atoms with van der Waals surface area (Å²) in [6.45, 7) is 3.82. The first-order valence-electron chi connectivity index (χ1n) is 7.70. The maximum Gasteiger partial charge on any atom is 0.316 e. The minimum Gasteiger partial charge on any atom is -0.468 e. The number of esters is 1. The van der Waals surface area contributed by atoms with Crippen LogP contribution < -0.4 is 0 Å². The molecule has 1 atom stereocenters. The van der Waals surface area contributed by atoms with Crippen molar-refractivity contribution in [3.63, 3.8) is 0 Å². The molecule has 0 aromatic heterocycles. The van der Waals surface area contributed by atoms with Crippen molar-refractivity contribution in [3.05, 3.63) is 35.9 Å². The number of rotatable bonds is 5. The molecule has 1 saturated carbocycles. The number of carbonyl (C=O) groups is 2. The van der Waals surface area contributed by atoms with Crippen LogP contribution in [0.1, 0.15) is 45.1 Å². The SMILES string of the molecule is COC(=O)C(C(=O)C1(c2ccccc2)CCCC1)C(C)C. The molecule has 114 valence electrons. The van der Waals surface area contributed by atoms with Gasteiger partial charge in [-0.2, -0.15) is 0 Å². The van der Waals surface area contributed by atoms with Crippen LogP contribution in [0.5, 0.6) is 0 Å². The Hall–Kier alpha value is -1.64. The second-order valence-electron chi connectivity index (χ2n) is 6.26. The van der Waals surface area contributed by atoms with E-state index in [9.17, 15) is 9.59 Å². The first-order valence-corrected chi connectivity index (χ1v) is 7.70. The van der Waals surface area contributed by atoms with Crippen molar-refractivity contribution in [3.8, 4) is 0 Å². The zero-order valence-electron chi connectivity index (χ0n) is 13.1. The number of benzene rings is 1. The van der Waals surface area contributed by atoms with Gasteiger partial charge in [0.2, 0.25) is 0 Å². The number of ketones is 1. The predicted molar refractivity (Wildman–Crippen MR) is 81.9 cm³/mol. The minimum atomic E-state index is -0.673. The van der Waals surface area contributed by atoms with Gasteiger partial charge in [-0.3, -0.25) is 9.59 Å². The molecule has 1 unspecified atom stereocenters. The van der Waals surface area contributed by atoms with Gasteiger partial charge in [-0.05, 0) is 24.3 Å². The Bertz CT molecular complexity index is 498. The van der Waals surface area contributed by atoms with E-state index < -0.39 is 17.3 Å². The fourth-order valence-electron chi connectivity index (χ4n) is 3.52. The molecule has 1 aliphatic rings. The van der Waals surface area contributed by atoms with Crippen LogP contribution in [0.3, 0.4) is 0 Å². The second-order valence-corrected chi connectivity index (χ2v) is 6.26. The molecule has 0 aliphatic heterocycles. The Morgan fingerprint density at radius 2 is 1.67 bits per heavy atom.